The first kappa shape index (κ1) is 12.8. The van der Waals surface area contributed by atoms with Crippen molar-refractivity contribution in [3.63, 3.8) is 0 Å². The highest BCUT2D eigenvalue weighted by molar-refractivity contribution is 5.48. The molecule has 1 aromatic heterocycles. The Hall–Kier alpha value is -1.20. The zero-order valence-electron chi connectivity index (χ0n) is 11.7. The quantitative estimate of drug-likeness (QED) is 0.877. The van der Waals surface area contributed by atoms with Crippen LogP contribution >= 0.6 is 0 Å². The Labute approximate surface area is 114 Å². The van der Waals surface area contributed by atoms with Crippen molar-refractivity contribution >= 4 is 5.82 Å². The summed E-state index contributed by atoms with van der Waals surface area (Å²) >= 11 is 0. The fourth-order valence-electron chi connectivity index (χ4n) is 2.97. The van der Waals surface area contributed by atoms with Crippen molar-refractivity contribution in [1.29, 1.82) is 0 Å². The van der Waals surface area contributed by atoms with Gasteiger partial charge in [-0.15, -0.1) is 0 Å². The Kier molecular flexibility index (Phi) is 3.66. The molecule has 0 bridgehead atoms. The van der Waals surface area contributed by atoms with Gasteiger partial charge >= 0.3 is 0 Å². The number of morpholine rings is 1. The van der Waals surface area contributed by atoms with Gasteiger partial charge in [-0.25, -0.2) is 9.97 Å². The lowest BCUT2D eigenvalue weighted by atomic mass is 10.2. The van der Waals surface area contributed by atoms with E-state index < -0.39 is 0 Å². The van der Waals surface area contributed by atoms with Crippen LogP contribution in [0.4, 0.5) is 5.82 Å². The molecule has 0 amide bonds. The summed E-state index contributed by atoms with van der Waals surface area (Å²) in [7, 11) is 0. The van der Waals surface area contributed by atoms with Gasteiger partial charge in [-0.3, -0.25) is 0 Å². The van der Waals surface area contributed by atoms with Crippen LogP contribution in [0.3, 0.4) is 0 Å². The van der Waals surface area contributed by atoms with E-state index in [9.17, 15) is 0 Å². The van der Waals surface area contributed by atoms with Crippen LogP contribution in [-0.4, -0.2) is 48.4 Å². The van der Waals surface area contributed by atoms with Gasteiger partial charge in [0.1, 0.15) is 11.6 Å². The molecule has 2 aliphatic heterocycles. The van der Waals surface area contributed by atoms with Crippen molar-refractivity contribution in [1.82, 2.24) is 15.3 Å². The smallest absolute Gasteiger partial charge is 0.135 e. The predicted molar refractivity (Wildman–Crippen MR) is 74.5 cm³/mol. The highest BCUT2D eigenvalue weighted by Gasteiger charge is 2.36. The van der Waals surface area contributed by atoms with Crippen LogP contribution < -0.4 is 10.2 Å². The molecule has 5 nitrogen and oxygen atoms in total. The molecule has 2 fully saturated rings. The van der Waals surface area contributed by atoms with Gasteiger partial charge in [0, 0.05) is 31.4 Å². The lowest BCUT2D eigenvalue weighted by Gasteiger charge is -2.25. The van der Waals surface area contributed by atoms with Gasteiger partial charge in [0.15, 0.2) is 0 Å². The molecule has 5 heteroatoms. The van der Waals surface area contributed by atoms with E-state index in [1.807, 2.05) is 13.1 Å². The Morgan fingerprint density at radius 3 is 3.16 bits per heavy atom. The second kappa shape index (κ2) is 5.43. The molecule has 1 aromatic rings. The summed E-state index contributed by atoms with van der Waals surface area (Å²) < 4.78 is 5.84. The summed E-state index contributed by atoms with van der Waals surface area (Å²) in [6.45, 7) is 7.84. The van der Waals surface area contributed by atoms with E-state index in [0.29, 0.717) is 12.1 Å². The monoisotopic (exact) mass is 262 g/mol. The van der Waals surface area contributed by atoms with Crippen molar-refractivity contribution in [2.24, 2.45) is 0 Å². The number of nitrogens with zero attached hydrogens (tertiary/aromatic N) is 3. The van der Waals surface area contributed by atoms with Crippen molar-refractivity contribution in [3.8, 4) is 0 Å². The molecule has 2 aliphatic rings. The molecule has 104 valence electrons. The molecule has 2 atom stereocenters. The third kappa shape index (κ3) is 2.58. The van der Waals surface area contributed by atoms with Crippen LogP contribution in [0.25, 0.3) is 0 Å². The number of rotatable bonds is 3. The minimum atomic E-state index is 0.304. The number of nitrogens with one attached hydrogen (secondary N) is 1. The second-order valence-electron chi connectivity index (χ2n) is 5.39. The van der Waals surface area contributed by atoms with Crippen LogP contribution in [0.5, 0.6) is 0 Å². The average Bonchev–Trinajstić information content (AvgIpc) is 2.84. The summed E-state index contributed by atoms with van der Waals surface area (Å²) in [6.07, 6.45) is 4.45. The van der Waals surface area contributed by atoms with Gasteiger partial charge in [-0.05, 0) is 13.3 Å². The molecule has 3 rings (SSSR count). The van der Waals surface area contributed by atoms with Gasteiger partial charge in [-0.1, -0.05) is 13.3 Å². The fourth-order valence-corrected chi connectivity index (χ4v) is 2.97. The first-order chi connectivity index (χ1) is 9.28. The maximum atomic E-state index is 5.84. The summed E-state index contributed by atoms with van der Waals surface area (Å²) in [6, 6.07) is 0.443. The second-order valence-corrected chi connectivity index (χ2v) is 5.39. The molecule has 0 spiro atoms. The van der Waals surface area contributed by atoms with Crippen LogP contribution in [-0.2, 0) is 11.2 Å². The number of fused-ring (bicyclic) bond motifs is 1. The number of ether oxygens (including phenoxy) is 1. The fraction of sp³-hybridized carbons (Fsp3) is 0.714. The normalized spacial score (nSPS) is 26.5. The van der Waals surface area contributed by atoms with Gasteiger partial charge in [0.05, 0.1) is 18.8 Å². The van der Waals surface area contributed by atoms with Gasteiger partial charge in [-0.2, -0.15) is 0 Å². The molecule has 0 aromatic carbocycles. The lowest BCUT2D eigenvalue weighted by Crippen LogP contribution is -2.47. The minimum absolute atomic E-state index is 0.304. The number of aryl methyl sites for hydroxylation is 2. The Morgan fingerprint density at radius 2 is 2.37 bits per heavy atom. The molecule has 0 unspecified atom stereocenters. The molecule has 0 radical (unpaired) electrons. The van der Waals surface area contributed by atoms with Crippen molar-refractivity contribution in [2.45, 2.75) is 38.8 Å². The molecule has 0 aliphatic carbocycles. The summed E-state index contributed by atoms with van der Waals surface area (Å²) in [5.74, 6) is 1.95. The van der Waals surface area contributed by atoms with Crippen molar-refractivity contribution in [2.75, 3.05) is 31.1 Å². The molecular formula is C14H22N4O. The largest absolute Gasteiger partial charge is 0.373 e. The van der Waals surface area contributed by atoms with E-state index in [1.54, 1.807) is 0 Å². The Morgan fingerprint density at radius 1 is 1.47 bits per heavy atom. The third-order valence-corrected chi connectivity index (χ3v) is 3.89. The highest BCUT2D eigenvalue weighted by Crippen LogP contribution is 2.25. The maximum absolute atomic E-state index is 5.84. The zero-order valence-corrected chi connectivity index (χ0v) is 11.7. The molecule has 19 heavy (non-hydrogen) atoms. The number of anilines is 1. The van der Waals surface area contributed by atoms with E-state index >= 15 is 0 Å². The maximum Gasteiger partial charge on any atom is 0.135 e. The third-order valence-electron chi connectivity index (χ3n) is 3.89. The van der Waals surface area contributed by atoms with Gasteiger partial charge in [0.2, 0.25) is 0 Å². The van der Waals surface area contributed by atoms with Crippen LogP contribution in [0.2, 0.25) is 0 Å². The van der Waals surface area contributed by atoms with E-state index in [-0.39, 0.29) is 0 Å². The van der Waals surface area contributed by atoms with Gasteiger partial charge in [0.25, 0.3) is 0 Å². The number of aromatic nitrogens is 2. The highest BCUT2D eigenvalue weighted by atomic mass is 16.5. The average molecular weight is 262 g/mol. The molecule has 2 saturated heterocycles. The van der Waals surface area contributed by atoms with Crippen molar-refractivity contribution in [3.05, 3.63) is 17.6 Å². The van der Waals surface area contributed by atoms with E-state index in [0.717, 1.165) is 50.7 Å². The lowest BCUT2D eigenvalue weighted by molar-refractivity contribution is 0.0212. The molecule has 3 heterocycles. The first-order valence-electron chi connectivity index (χ1n) is 7.20. The van der Waals surface area contributed by atoms with E-state index in [2.05, 4.69) is 27.1 Å². The summed E-state index contributed by atoms with van der Waals surface area (Å²) in [5.41, 5.74) is 1.26. The van der Waals surface area contributed by atoms with Crippen LogP contribution in [0.15, 0.2) is 6.20 Å². The minimum Gasteiger partial charge on any atom is -0.373 e. The summed E-state index contributed by atoms with van der Waals surface area (Å²) in [5, 5.41) is 3.54. The van der Waals surface area contributed by atoms with Crippen molar-refractivity contribution < 1.29 is 4.74 Å². The molecule has 1 N–H and O–H groups in total. The topological polar surface area (TPSA) is 50.3 Å². The summed E-state index contributed by atoms with van der Waals surface area (Å²) in [4.78, 5) is 11.4. The molecular weight excluding hydrogens is 240 g/mol. The predicted octanol–water partition coefficient (Wildman–Crippen LogP) is 0.915. The van der Waals surface area contributed by atoms with Gasteiger partial charge < -0.3 is 15.0 Å². The Balaban J connectivity index is 1.83. The standard InChI is InChI=1S/C14H22N4O/c1-3-4-11-7-16-10(2)17-14(11)18-8-12-13(9-18)19-6-5-15-12/h7,12-13,15H,3-6,8-9H2,1-2H3/t12-,13-/m0/s1. The van der Waals surface area contributed by atoms with E-state index in [4.69, 9.17) is 4.74 Å². The molecule has 0 saturated carbocycles. The number of hydrogen-bond acceptors (Lipinski definition) is 5. The van der Waals surface area contributed by atoms with Crippen LogP contribution in [0, 0.1) is 6.92 Å². The Bertz CT molecular complexity index is 437. The van der Waals surface area contributed by atoms with E-state index in [1.165, 1.54) is 5.56 Å². The first-order valence-corrected chi connectivity index (χ1v) is 7.20. The van der Waals surface area contributed by atoms with Crippen LogP contribution in [0.1, 0.15) is 24.7 Å². The zero-order chi connectivity index (χ0) is 13.2. The SMILES string of the molecule is CCCc1cnc(C)nc1N1C[C@@H]2NCCO[C@H]2C1. The number of hydrogen-bond donors (Lipinski definition) is 1.